The number of non-ortho nitro benzene ring substituents is 1. The lowest BCUT2D eigenvalue weighted by Crippen LogP contribution is -2.33. The lowest BCUT2D eigenvalue weighted by Gasteiger charge is -2.09. The number of nitro groups is 2. The molecule has 0 saturated carbocycles. The van der Waals surface area contributed by atoms with Crippen LogP contribution in [0.2, 0.25) is 0 Å². The van der Waals surface area contributed by atoms with Gasteiger partial charge in [-0.15, -0.1) is 0 Å². The molecule has 0 spiro atoms. The van der Waals surface area contributed by atoms with Gasteiger partial charge in [-0.3, -0.25) is 25.0 Å². The van der Waals surface area contributed by atoms with Crippen molar-refractivity contribution < 1.29 is 19.7 Å². The van der Waals surface area contributed by atoms with Crippen LogP contribution >= 0.6 is 0 Å². The summed E-state index contributed by atoms with van der Waals surface area (Å²) in [6.45, 7) is 1.32. The van der Waals surface area contributed by atoms with Crippen LogP contribution in [0.25, 0.3) is 0 Å². The van der Waals surface area contributed by atoms with E-state index in [1.54, 1.807) is 0 Å². The molecule has 0 aliphatic rings. The van der Waals surface area contributed by atoms with Crippen molar-refractivity contribution in [2.75, 3.05) is 0 Å². The van der Waals surface area contributed by atoms with Gasteiger partial charge in [-0.25, -0.2) is 0 Å². The maximum absolute atomic E-state index is 10.8. The van der Waals surface area contributed by atoms with Gasteiger partial charge in [0.15, 0.2) is 0 Å². The molecular formula is C10H11N3O6. The number of benzene rings is 1. The van der Waals surface area contributed by atoms with Crippen LogP contribution in [0.3, 0.4) is 0 Å². The third kappa shape index (κ3) is 3.71. The van der Waals surface area contributed by atoms with Gasteiger partial charge < -0.3 is 10.4 Å². The van der Waals surface area contributed by atoms with Crippen LogP contribution in [0.15, 0.2) is 18.2 Å². The molecule has 0 aliphatic carbocycles. The molecule has 0 heterocycles. The maximum atomic E-state index is 10.8. The Morgan fingerprint density at radius 1 is 1.37 bits per heavy atom. The lowest BCUT2D eigenvalue weighted by atomic mass is 10.1. The van der Waals surface area contributed by atoms with Gasteiger partial charge in [-0.2, -0.15) is 0 Å². The minimum absolute atomic E-state index is 0.0677. The summed E-state index contributed by atoms with van der Waals surface area (Å²) in [7, 11) is 0. The number of hydrogen-bond acceptors (Lipinski definition) is 6. The van der Waals surface area contributed by atoms with Gasteiger partial charge in [-0.1, -0.05) is 0 Å². The van der Waals surface area contributed by atoms with E-state index in [4.69, 9.17) is 5.11 Å². The number of nitro benzene ring substituents is 2. The van der Waals surface area contributed by atoms with Crippen molar-refractivity contribution in [2.24, 2.45) is 0 Å². The molecular weight excluding hydrogens is 258 g/mol. The van der Waals surface area contributed by atoms with Crippen molar-refractivity contribution in [2.45, 2.75) is 19.5 Å². The predicted octanol–water partition coefficient (Wildman–Crippen LogP) is 1.07. The molecule has 0 bridgehead atoms. The fourth-order valence-corrected chi connectivity index (χ4v) is 1.34. The Hall–Kier alpha value is -2.55. The molecule has 1 atom stereocenters. The molecule has 19 heavy (non-hydrogen) atoms. The van der Waals surface area contributed by atoms with E-state index in [2.05, 4.69) is 5.32 Å². The first-order valence-corrected chi connectivity index (χ1v) is 5.21. The average Bonchev–Trinajstić information content (AvgIpc) is 2.35. The number of carboxylic acids is 1. The van der Waals surface area contributed by atoms with Crippen LogP contribution in [-0.2, 0) is 11.3 Å². The van der Waals surface area contributed by atoms with Gasteiger partial charge in [0.2, 0.25) is 0 Å². The van der Waals surface area contributed by atoms with E-state index >= 15 is 0 Å². The minimum Gasteiger partial charge on any atom is -0.480 e. The summed E-state index contributed by atoms with van der Waals surface area (Å²) in [5, 5.41) is 32.6. The zero-order valence-electron chi connectivity index (χ0n) is 9.90. The lowest BCUT2D eigenvalue weighted by molar-refractivity contribution is -0.394. The smallest absolute Gasteiger partial charge is 0.320 e. The van der Waals surface area contributed by atoms with E-state index in [-0.39, 0.29) is 17.8 Å². The molecule has 0 amide bonds. The van der Waals surface area contributed by atoms with Crippen LogP contribution in [0, 0.1) is 20.2 Å². The zero-order chi connectivity index (χ0) is 14.6. The van der Waals surface area contributed by atoms with Crippen LogP contribution in [0.1, 0.15) is 12.5 Å². The summed E-state index contributed by atoms with van der Waals surface area (Å²) >= 11 is 0. The SMILES string of the molecule is CC(NCc1ccc([N+](=O)[O-])cc1[N+](=O)[O-])C(=O)O. The van der Waals surface area contributed by atoms with Crippen molar-refractivity contribution in [1.29, 1.82) is 0 Å². The normalized spacial score (nSPS) is 11.8. The molecule has 1 aromatic carbocycles. The van der Waals surface area contributed by atoms with Gasteiger partial charge in [0.05, 0.1) is 15.9 Å². The maximum Gasteiger partial charge on any atom is 0.320 e. The van der Waals surface area contributed by atoms with Gasteiger partial charge in [0.25, 0.3) is 11.4 Å². The predicted molar refractivity (Wildman–Crippen MR) is 63.7 cm³/mol. The topological polar surface area (TPSA) is 136 Å². The first-order chi connectivity index (χ1) is 8.82. The Balaban J connectivity index is 2.97. The van der Waals surface area contributed by atoms with Crippen LogP contribution in [-0.4, -0.2) is 27.0 Å². The highest BCUT2D eigenvalue weighted by molar-refractivity contribution is 5.72. The summed E-state index contributed by atoms with van der Waals surface area (Å²) in [4.78, 5) is 30.5. The highest BCUT2D eigenvalue weighted by Crippen LogP contribution is 2.24. The molecule has 0 aliphatic heterocycles. The third-order valence-corrected chi connectivity index (χ3v) is 2.45. The quantitative estimate of drug-likeness (QED) is 0.582. The van der Waals surface area contributed by atoms with E-state index in [0.29, 0.717) is 0 Å². The molecule has 0 saturated heterocycles. The van der Waals surface area contributed by atoms with Gasteiger partial charge in [-0.05, 0) is 13.0 Å². The van der Waals surface area contributed by atoms with Crippen LogP contribution < -0.4 is 5.32 Å². The number of nitrogens with zero attached hydrogens (tertiary/aromatic N) is 2. The van der Waals surface area contributed by atoms with E-state index in [1.165, 1.54) is 13.0 Å². The number of carbonyl (C=O) groups is 1. The van der Waals surface area contributed by atoms with Crippen LogP contribution in [0.5, 0.6) is 0 Å². The van der Waals surface area contributed by atoms with Gasteiger partial charge >= 0.3 is 5.97 Å². The Morgan fingerprint density at radius 3 is 2.47 bits per heavy atom. The van der Waals surface area contributed by atoms with Crippen molar-refractivity contribution in [3.8, 4) is 0 Å². The fourth-order valence-electron chi connectivity index (χ4n) is 1.34. The van der Waals surface area contributed by atoms with Gasteiger partial charge in [0.1, 0.15) is 6.04 Å². The molecule has 2 N–H and O–H groups in total. The Kier molecular flexibility index (Phi) is 4.48. The van der Waals surface area contributed by atoms with Crippen LogP contribution in [0.4, 0.5) is 11.4 Å². The highest BCUT2D eigenvalue weighted by atomic mass is 16.6. The fraction of sp³-hybridized carbons (Fsp3) is 0.300. The highest BCUT2D eigenvalue weighted by Gasteiger charge is 2.20. The number of rotatable bonds is 6. The molecule has 1 rings (SSSR count). The summed E-state index contributed by atoms with van der Waals surface area (Å²) in [6, 6.07) is 2.34. The average molecular weight is 269 g/mol. The second-order valence-corrected chi connectivity index (χ2v) is 3.77. The number of carboxylic acid groups (broad SMARTS) is 1. The first-order valence-electron chi connectivity index (χ1n) is 5.21. The molecule has 1 unspecified atom stereocenters. The standard InChI is InChI=1S/C10H11N3O6/c1-6(10(14)15)11-5-7-2-3-8(12(16)17)4-9(7)13(18)19/h2-4,6,11H,5H2,1H3,(H,14,15). The Morgan fingerprint density at radius 2 is 2.00 bits per heavy atom. The largest absolute Gasteiger partial charge is 0.480 e. The second-order valence-electron chi connectivity index (χ2n) is 3.77. The third-order valence-electron chi connectivity index (χ3n) is 2.45. The van der Waals surface area contributed by atoms with Crippen molar-refractivity contribution in [1.82, 2.24) is 5.32 Å². The molecule has 9 nitrogen and oxygen atoms in total. The molecule has 102 valence electrons. The van der Waals surface area contributed by atoms with Gasteiger partial charge in [0, 0.05) is 18.2 Å². The molecule has 9 heteroatoms. The summed E-state index contributed by atoms with van der Waals surface area (Å²) in [5.41, 5.74) is -0.621. The Labute approximate surface area is 107 Å². The summed E-state index contributed by atoms with van der Waals surface area (Å²) in [5.74, 6) is -1.09. The monoisotopic (exact) mass is 269 g/mol. The van der Waals surface area contributed by atoms with E-state index in [0.717, 1.165) is 12.1 Å². The zero-order valence-corrected chi connectivity index (χ0v) is 9.90. The van der Waals surface area contributed by atoms with E-state index in [1.807, 2.05) is 0 Å². The molecule has 0 radical (unpaired) electrons. The second kappa shape index (κ2) is 5.87. The van der Waals surface area contributed by atoms with E-state index in [9.17, 15) is 25.0 Å². The number of hydrogen-bond donors (Lipinski definition) is 2. The molecule has 0 aromatic heterocycles. The summed E-state index contributed by atoms with van der Waals surface area (Å²) < 4.78 is 0. The van der Waals surface area contributed by atoms with Crippen molar-refractivity contribution in [3.63, 3.8) is 0 Å². The van der Waals surface area contributed by atoms with E-state index < -0.39 is 27.5 Å². The summed E-state index contributed by atoms with van der Waals surface area (Å²) in [6.07, 6.45) is 0. The molecule has 1 aromatic rings. The number of nitrogens with one attached hydrogen (secondary N) is 1. The van der Waals surface area contributed by atoms with Crippen molar-refractivity contribution >= 4 is 17.3 Å². The first kappa shape index (κ1) is 14.5. The Bertz CT molecular complexity index is 530. The molecule has 0 fully saturated rings. The number of aliphatic carboxylic acids is 1. The van der Waals surface area contributed by atoms with Crippen molar-refractivity contribution in [3.05, 3.63) is 44.0 Å². The minimum atomic E-state index is -1.09.